The van der Waals surface area contributed by atoms with Gasteiger partial charge in [0.05, 0.1) is 10.6 Å². The lowest BCUT2D eigenvalue weighted by Gasteiger charge is -2.12. The SMILES string of the molecule is Cn1ccc(/C=C2/SC(=O)N(CC(=O)Nc3ccccc3F)C2=O)c1. The molecule has 1 aliphatic rings. The van der Waals surface area contributed by atoms with Gasteiger partial charge >= 0.3 is 0 Å². The number of anilines is 1. The minimum Gasteiger partial charge on any atom is -0.357 e. The number of imide groups is 1. The van der Waals surface area contributed by atoms with Crippen molar-refractivity contribution in [2.45, 2.75) is 0 Å². The summed E-state index contributed by atoms with van der Waals surface area (Å²) in [4.78, 5) is 37.5. The summed E-state index contributed by atoms with van der Waals surface area (Å²) in [7, 11) is 1.84. The van der Waals surface area contributed by atoms with E-state index in [1.807, 2.05) is 17.8 Å². The average Bonchev–Trinajstić information content (AvgIpc) is 3.08. The number of nitrogens with zero attached hydrogens (tertiary/aromatic N) is 2. The highest BCUT2D eigenvalue weighted by Gasteiger charge is 2.36. The number of rotatable bonds is 4. The molecule has 1 fully saturated rings. The van der Waals surface area contributed by atoms with Crippen LogP contribution in [0.1, 0.15) is 5.56 Å². The molecular weight excluding hydrogens is 345 g/mol. The molecule has 1 N–H and O–H groups in total. The molecule has 1 aromatic carbocycles. The molecule has 3 rings (SSSR count). The normalized spacial score (nSPS) is 15.9. The maximum Gasteiger partial charge on any atom is 0.294 e. The van der Waals surface area contributed by atoms with Crippen molar-refractivity contribution in [2.24, 2.45) is 7.05 Å². The molecule has 0 atom stereocenters. The van der Waals surface area contributed by atoms with Gasteiger partial charge in [0.15, 0.2) is 0 Å². The summed E-state index contributed by atoms with van der Waals surface area (Å²) in [6.45, 7) is -0.467. The smallest absolute Gasteiger partial charge is 0.294 e. The Morgan fingerprint density at radius 3 is 2.72 bits per heavy atom. The summed E-state index contributed by atoms with van der Waals surface area (Å²) in [5.74, 6) is -1.77. The molecule has 0 aliphatic carbocycles. The third-order valence-electron chi connectivity index (χ3n) is 3.48. The Bertz CT molecular complexity index is 891. The zero-order chi connectivity index (χ0) is 18.0. The molecule has 2 heterocycles. The van der Waals surface area contributed by atoms with E-state index in [9.17, 15) is 18.8 Å². The largest absolute Gasteiger partial charge is 0.357 e. The zero-order valence-corrected chi connectivity index (χ0v) is 14.0. The first-order valence-electron chi connectivity index (χ1n) is 7.36. The molecule has 0 radical (unpaired) electrons. The van der Waals surface area contributed by atoms with Gasteiger partial charge in [-0.25, -0.2) is 4.39 Å². The van der Waals surface area contributed by atoms with Crippen LogP contribution in [-0.4, -0.2) is 33.1 Å². The number of thioether (sulfide) groups is 1. The topological polar surface area (TPSA) is 71.4 Å². The number of carbonyl (C=O) groups excluding carboxylic acids is 3. The molecule has 0 bridgehead atoms. The highest BCUT2D eigenvalue weighted by Crippen LogP contribution is 2.32. The molecule has 25 heavy (non-hydrogen) atoms. The van der Waals surface area contributed by atoms with Crippen LogP contribution < -0.4 is 5.32 Å². The van der Waals surface area contributed by atoms with Crippen LogP contribution in [0.2, 0.25) is 0 Å². The van der Waals surface area contributed by atoms with E-state index in [4.69, 9.17) is 0 Å². The second kappa shape index (κ2) is 6.94. The van der Waals surface area contributed by atoms with E-state index in [-0.39, 0.29) is 10.6 Å². The molecular formula is C17H14FN3O3S. The first-order valence-corrected chi connectivity index (χ1v) is 8.17. The van der Waals surface area contributed by atoms with Crippen LogP contribution in [-0.2, 0) is 16.6 Å². The van der Waals surface area contributed by atoms with Crippen molar-refractivity contribution >= 4 is 40.6 Å². The van der Waals surface area contributed by atoms with Crippen LogP contribution in [0.25, 0.3) is 6.08 Å². The fourth-order valence-electron chi connectivity index (χ4n) is 2.29. The van der Waals surface area contributed by atoms with Crippen molar-refractivity contribution in [3.8, 4) is 0 Å². The quantitative estimate of drug-likeness (QED) is 0.852. The van der Waals surface area contributed by atoms with E-state index in [0.29, 0.717) is 0 Å². The standard InChI is InChI=1S/C17H14FN3O3S/c1-20-7-6-11(9-20)8-14-16(23)21(17(24)25-14)10-15(22)19-13-5-3-2-4-12(13)18/h2-9H,10H2,1H3,(H,19,22)/b14-8+. The highest BCUT2D eigenvalue weighted by atomic mass is 32.2. The lowest BCUT2D eigenvalue weighted by molar-refractivity contribution is -0.127. The van der Waals surface area contributed by atoms with Crippen LogP contribution in [0.5, 0.6) is 0 Å². The van der Waals surface area contributed by atoms with Gasteiger partial charge in [-0.3, -0.25) is 19.3 Å². The number of hydrogen-bond donors (Lipinski definition) is 1. The maximum atomic E-state index is 13.5. The monoisotopic (exact) mass is 359 g/mol. The van der Waals surface area contributed by atoms with Gasteiger partial charge in [-0.05, 0) is 41.6 Å². The van der Waals surface area contributed by atoms with Crippen molar-refractivity contribution in [1.29, 1.82) is 0 Å². The fraction of sp³-hybridized carbons (Fsp3) is 0.118. The van der Waals surface area contributed by atoms with E-state index < -0.39 is 29.4 Å². The lowest BCUT2D eigenvalue weighted by Crippen LogP contribution is -2.36. The third kappa shape index (κ3) is 3.80. The van der Waals surface area contributed by atoms with Crippen molar-refractivity contribution in [3.05, 3.63) is 59.0 Å². The summed E-state index contributed by atoms with van der Waals surface area (Å²) in [6.07, 6.45) is 5.22. The molecule has 1 aliphatic heterocycles. The number of amides is 3. The molecule has 0 spiro atoms. The maximum absolute atomic E-state index is 13.5. The zero-order valence-electron chi connectivity index (χ0n) is 13.2. The second-order valence-electron chi connectivity index (χ2n) is 5.41. The number of benzene rings is 1. The Hall–Kier alpha value is -2.87. The summed E-state index contributed by atoms with van der Waals surface area (Å²) < 4.78 is 15.4. The number of para-hydroxylation sites is 1. The molecule has 3 amide bonds. The number of hydrogen-bond acceptors (Lipinski definition) is 4. The van der Waals surface area contributed by atoms with E-state index in [0.717, 1.165) is 22.2 Å². The first-order chi connectivity index (χ1) is 11.9. The number of aryl methyl sites for hydroxylation is 1. The van der Waals surface area contributed by atoms with Gasteiger partial charge in [0.25, 0.3) is 11.1 Å². The number of nitrogens with one attached hydrogen (secondary N) is 1. The van der Waals surface area contributed by atoms with Crippen molar-refractivity contribution in [1.82, 2.24) is 9.47 Å². The molecule has 1 saturated heterocycles. The van der Waals surface area contributed by atoms with Gasteiger partial charge in [-0.1, -0.05) is 12.1 Å². The average molecular weight is 359 g/mol. The molecule has 1 aromatic heterocycles. The third-order valence-corrected chi connectivity index (χ3v) is 4.38. The van der Waals surface area contributed by atoms with E-state index in [1.165, 1.54) is 18.2 Å². The van der Waals surface area contributed by atoms with Gasteiger partial charge in [0.1, 0.15) is 12.4 Å². The van der Waals surface area contributed by atoms with E-state index in [2.05, 4.69) is 5.32 Å². The minimum atomic E-state index is -0.645. The van der Waals surface area contributed by atoms with Crippen molar-refractivity contribution in [3.63, 3.8) is 0 Å². The van der Waals surface area contributed by atoms with Crippen LogP contribution >= 0.6 is 11.8 Å². The molecule has 0 unspecified atom stereocenters. The van der Waals surface area contributed by atoms with Crippen LogP contribution in [0.3, 0.4) is 0 Å². The summed E-state index contributed by atoms with van der Waals surface area (Å²) in [5, 5.41) is 1.82. The molecule has 128 valence electrons. The summed E-state index contributed by atoms with van der Waals surface area (Å²) in [6, 6.07) is 7.48. The molecule has 0 saturated carbocycles. The van der Waals surface area contributed by atoms with Gasteiger partial charge < -0.3 is 9.88 Å². The second-order valence-corrected chi connectivity index (χ2v) is 6.40. The Labute approximate surface area is 147 Å². The van der Waals surface area contributed by atoms with Crippen LogP contribution in [0.15, 0.2) is 47.6 Å². The number of halogens is 1. The van der Waals surface area contributed by atoms with Gasteiger partial charge in [0.2, 0.25) is 5.91 Å². The van der Waals surface area contributed by atoms with Crippen molar-refractivity contribution < 1.29 is 18.8 Å². The van der Waals surface area contributed by atoms with Crippen LogP contribution in [0.4, 0.5) is 14.9 Å². The first kappa shape index (κ1) is 17.0. The van der Waals surface area contributed by atoms with Gasteiger partial charge in [-0.2, -0.15) is 0 Å². The van der Waals surface area contributed by atoms with Crippen molar-refractivity contribution in [2.75, 3.05) is 11.9 Å². The van der Waals surface area contributed by atoms with Gasteiger partial charge in [-0.15, -0.1) is 0 Å². The lowest BCUT2D eigenvalue weighted by atomic mass is 10.3. The summed E-state index contributed by atoms with van der Waals surface area (Å²) in [5.41, 5.74) is 0.781. The van der Waals surface area contributed by atoms with Crippen LogP contribution in [0, 0.1) is 5.82 Å². The Balaban J connectivity index is 1.69. The molecule has 8 heteroatoms. The number of aromatic nitrogens is 1. The predicted molar refractivity (Wildman–Crippen MR) is 93.1 cm³/mol. The Morgan fingerprint density at radius 2 is 2.04 bits per heavy atom. The highest BCUT2D eigenvalue weighted by molar-refractivity contribution is 8.18. The van der Waals surface area contributed by atoms with Gasteiger partial charge in [0, 0.05) is 19.4 Å². The summed E-state index contributed by atoms with van der Waals surface area (Å²) >= 11 is 0.773. The molecule has 2 aromatic rings. The van der Waals surface area contributed by atoms with E-state index in [1.54, 1.807) is 24.4 Å². The molecule has 6 nitrogen and oxygen atoms in total. The number of carbonyl (C=O) groups is 3. The van der Waals surface area contributed by atoms with E-state index >= 15 is 0 Å². The Morgan fingerprint density at radius 1 is 1.28 bits per heavy atom. The minimum absolute atomic E-state index is 0.000649. The Kier molecular flexibility index (Phi) is 4.71. The predicted octanol–water partition coefficient (Wildman–Crippen LogP) is 2.84. The fourth-order valence-corrected chi connectivity index (χ4v) is 3.13.